The number of rotatable bonds is 7. The van der Waals surface area contributed by atoms with Crippen LogP contribution in [0.2, 0.25) is 0 Å². The third kappa shape index (κ3) is 4.54. The molecule has 0 fully saturated rings. The summed E-state index contributed by atoms with van der Waals surface area (Å²) in [4.78, 5) is 12.5. The van der Waals surface area contributed by atoms with E-state index in [9.17, 15) is 4.79 Å². The van der Waals surface area contributed by atoms with Gasteiger partial charge in [-0.3, -0.25) is 4.79 Å². The summed E-state index contributed by atoms with van der Waals surface area (Å²) >= 11 is 1.40. The van der Waals surface area contributed by atoms with Crippen LogP contribution in [0.3, 0.4) is 0 Å². The first-order chi connectivity index (χ1) is 14.1. The summed E-state index contributed by atoms with van der Waals surface area (Å²) in [6.07, 6.45) is 0.704. The standard InChI is InChI=1S/C21H22N4O3S/c1-14(20(26)22-12-16-8-9-17-18(10-16)28-13-27-17)29-21-24-23-19(25(21)2)11-15-6-4-3-5-7-15/h3-10,14H,11-13H2,1-2H3,(H,22,26)/t14-/m0/s1. The Morgan fingerprint density at radius 3 is 2.76 bits per heavy atom. The summed E-state index contributed by atoms with van der Waals surface area (Å²) in [7, 11) is 1.93. The van der Waals surface area contributed by atoms with E-state index in [-0.39, 0.29) is 18.0 Å². The molecule has 0 radical (unpaired) electrons. The minimum Gasteiger partial charge on any atom is -0.454 e. The Morgan fingerprint density at radius 2 is 1.93 bits per heavy atom. The first-order valence-electron chi connectivity index (χ1n) is 9.35. The number of thioether (sulfide) groups is 1. The van der Waals surface area contributed by atoms with Crippen molar-refractivity contribution < 1.29 is 14.3 Å². The monoisotopic (exact) mass is 410 g/mol. The van der Waals surface area contributed by atoms with Gasteiger partial charge in [0.25, 0.3) is 0 Å². The van der Waals surface area contributed by atoms with E-state index in [4.69, 9.17) is 9.47 Å². The number of nitrogens with zero attached hydrogens (tertiary/aromatic N) is 3. The van der Waals surface area contributed by atoms with Crippen LogP contribution in [-0.2, 0) is 24.8 Å². The Labute approximate surface area is 173 Å². The largest absolute Gasteiger partial charge is 0.454 e. The average Bonchev–Trinajstić information content (AvgIpc) is 3.34. The molecule has 29 heavy (non-hydrogen) atoms. The van der Waals surface area contributed by atoms with Crippen LogP contribution in [0.4, 0.5) is 0 Å². The highest BCUT2D eigenvalue weighted by Gasteiger charge is 2.19. The third-order valence-electron chi connectivity index (χ3n) is 4.69. The van der Waals surface area contributed by atoms with Crippen molar-refractivity contribution in [3.05, 3.63) is 65.5 Å². The molecule has 1 atom stereocenters. The molecule has 2 aromatic carbocycles. The molecule has 0 bridgehead atoms. The molecule has 0 saturated heterocycles. The molecule has 0 aliphatic carbocycles. The molecule has 1 N–H and O–H groups in total. The summed E-state index contributed by atoms with van der Waals surface area (Å²) in [5, 5.41) is 11.9. The van der Waals surface area contributed by atoms with E-state index in [0.29, 0.717) is 18.7 Å². The fourth-order valence-electron chi connectivity index (χ4n) is 2.98. The molecule has 7 nitrogen and oxygen atoms in total. The van der Waals surface area contributed by atoms with E-state index in [1.165, 1.54) is 17.3 Å². The van der Waals surface area contributed by atoms with Crippen molar-refractivity contribution in [1.29, 1.82) is 0 Å². The summed E-state index contributed by atoms with van der Waals surface area (Å²) < 4.78 is 12.6. The first-order valence-corrected chi connectivity index (χ1v) is 10.2. The topological polar surface area (TPSA) is 78.3 Å². The number of hydrogen-bond acceptors (Lipinski definition) is 6. The maximum absolute atomic E-state index is 12.5. The number of nitrogens with one attached hydrogen (secondary N) is 1. The van der Waals surface area contributed by atoms with E-state index in [2.05, 4.69) is 27.6 Å². The number of carbonyl (C=O) groups is 1. The number of aromatic nitrogens is 3. The Hall–Kier alpha value is -3.00. The molecule has 0 spiro atoms. The SMILES string of the molecule is C[C@H](Sc1nnc(Cc2ccccc2)n1C)C(=O)NCc1ccc2c(c1)OCO2. The molecule has 150 valence electrons. The highest BCUT2D eigenvalue weighted by atomic mass is 32.2. The van der Waals surface area contributed by atoms with Crippen LogP contribution in [0.5, 0.6) is 11.5 Å². The van der Waals surface area contributed by atoms with Crippen LogP contribution in [0, 0.1) is 0 Å². The van der Waals surface area contributed by atoms with E-state index in [1.54, 1.807) is 0 Å². The number of ether oxygens (including phenoxy) is 2. The average molecular weight is 410 g/mol. The molecule has 0 unspecified atom stereocenters. The number of carbonyl (C=O) groups excluding carboxylic acids is 1. The second-order valence-corrected chi connectivity index (χ2v) is 8.09. The summed E-state index contributed by atoms with van der Waals surface area (Å²) in [6.45, 7) is 2.53. The fraction of sp³-hybridized carbons (Fsp3) is 0.286. The van der Waals surface area contributed by atoms with Gasteiger partial charge in [-0.1, -0.05) is 48.2 Å². The van der Waals surface area contributed by atoms with Crippen LogP contribution in [-0.4, -0.2) is 32.7 Å². The molecule has 1 aromatic heterocycles. The molecule has 8 heteroatoms. The van der Waals surface area contributed by atoms with Gasteiger partial charge in [0.05, 0.1) is 5.25 Å². The quantitative estimate of drug-likeness (QED) is 0.604. The van der Waals surface area contributed by atoms with Crippen LogP contribution >= 0.6 is 11.8 Å². The number of hydrogen-bond donors (Lipinski definition) is 1. The Kier molecular flexibility index (Phi) is 5.71. The molecule has 1 aliphatic rings. The minimum absolute atomic E-state index is 0.0553. The molecular formula is C21H22N4O3S. The van der Waals surface area contributed by atoms with Crippen molar-refractivity contribution in [3.63, 3.8) is 0 Å². The van der Waals surface area contributed by atoms with Gasteiger partial charge in [-0.25, -0.2) is 0 Å². The number of benzene rings is 2. The number of amides is 1. The van der Waals surface area contributed by atoms with Gasteiger partial charge in [-0.05, 0) is 30.2 Å². The zero-order valence-corrected chi connectivity index (χ0v) is 17.1. The number of fused-ring (bicyclic) bond motifs is 1. The van der Waals surface area contributed by atoms with Crippen LogP contribution in [0.25, 0.3) is 0 Å². The van der Waals surface area contributed by atoms with Crippen molar-refractivity contribution in [2.45, 2.75) is 30.3 Å². The predicted molar refractivity (Wildman–Crippen MR) is 110 cm³/mol. The molecule has 1 aliphatic heterocycles. The fourth-order valence-corrected chi connectivity index (χ4v) is 3.83. The van der Waals surface area contributed by atoms with Crippen molar-refractivity contribution in [2.24, 2.45) is 7.05 Å². The highest BCUT2D eigenvalue weighted by molar-refractivity contribution is 8.00. The van der Waals surface area contributed by atoms with Crippen LogP contribution in [0.1, 0.15) is 23.9 Å². The van der Waals surface area contributed by atoms with Gasteiger partial charge in [0.2, 0.25) is 12.7 Å². The lowest BCUT2D eigenvalue weighted by Crippen LogP contribution is -2.30. The molecule has 4 rings (SSSR count). The zero-order valence-electron chi connectivity index (χ0n) is 16.3. The third-order valence-corrected chi connectivity index (χ3v) is 5.82. The second kappa shape index (κ2) is 8.57. The summed E-state index contributed by atoms with van der Waals surface area (Å²) in [5.41, 5.74) is 2.14. The van der Waals surface area contributed by atoms with Crippen molar-refractivity contribution >= 4 is 17.7 Å². The lowest BCUT2D eigenvalue weighted by atomic mass is 10.1. The lowest BCUT2D eigenvalue weighted by molar-refractivity contribution is -0.120. The maximum atomic E-state index is 12.5. The van der Waals surface area contributed by atoms with E-state index >= 15 is 0 Å². The van der Waals surface area contributed by atoms with Crippen LogP contribution in [0.15, 0.2) is 53.7 Å². The first kappa shape index (κ1) is 19.3. The highest BCUT2D eigenvalue weighted by Crippen LogP contribution is 2.32. The van der Waals surface area contributed by atoms with Crippen LogP contribution < -0.4 is 14.8 Å². The Balaban J connectivity index is 1.33. The van der Waals surface area contributed by atoms with Gasteiger partial charge < -0.3 is 19.4 Å². The zero-order chi connectivity index (χ0) is 20.2. The Morgan fingerprint density at radius 1 is 1.14 bits per heavy atom. The van der Waals surface area contributed by atoms with Gasteiger partial charge in [0, 0.05) is 20.0 Å². The molecular weight excluding hydrogens is 388 g/mol. The normalized spacial score (nSPS) is 13.3. The van der Waals surface area contributed by atoms with Gasteiger partial charge >= 0.3 is 0 Å². The van der Waals surface area contributed by atoms with Gasteiger partial charge in [0.1, 0.15) is 5.82 Å². The molecule has 2 heterocycles. The van der Waals surface area contributed by atoms with Gasteiger partial charge in [0.15, 0.2) is 16.7 Å². The minimum atomic E-state index is -0.295. The van der Waals surface area contributed by atoms with E-state index in [0.717, 1.165) is 22.3 Å². The van der Waals surface area contributed by atoms with E-state index in [1.807, 2.05) is 54.9 Å². The smallest absolute Gasteiger partial charge is 0.233 e. The molecule has 0 saturated carbocycles. The maximum Gasteiger partial charge on any atom is 0.233 e. The van der Waals surface area contributed by atoms with Crippen molar-refractivity contribution in [2.75, 3.05) is 6.79 Å². The summed E-state index contributed by atoms with van der Waals surface area (Å²) in [5.74, 6) is 2.26. The van der Waals surface area contributed by atoms with E-state index < -0.39 is 0 Å². The predicted octanol–water partition coefficient (Wildman–Crippen LogP) is 2.93. The van der Waals surface area contributed by atoms with Crippen molar-refractivity contribution in [1.82, 2.24) is 20.1 Å². The van der Waals surface area contributed by atoms with Gasteiger partial charge in [-0.2, -0.15) is 0 Å². The van der Waals surface area contributed by atoms with Gasteiger partial charge in [-0.15, -0.1) is 10.2 Å². The lowest BCUT2D eigenvalue weighted by Gasteiger charge is -2.12. The molecule has 3 aromatic rings. The van der Waals surface area contributed by atoms with Crippen molar-refractivity contribution in [3.8, 4) is 11.5 Å². The second-order valence-electron chi connectivity index (χ2n) is 6.79. The molecule has 1 amide bonds. The Bertz CT molecular complexity index is 1010. The summed E-state index contributed by atoms with van der Waals surface area (Å²) in [6, 6.07) is 15.8.